The van der Waals surface area contributed by atoms with Crippen molar-refractivity contribution < 1.29 is 13.9 Å². The van der Waals surface area contributed by atoms with E-state index in [9.17, 15) is 9.18 Å². The zero-order chi connectivity index (χ0) is 19.8. The quantitative estimate of drug-likeness (QED) is 0.414. The number of ether oxygens (including phenoxy) is 2. The SMILES string of the molecule is COCCCn1c(SCc2ccc(OCc3ccc(F)cc3)cc2)n[nH]c1=O. The molecule has 8 heteroatoms. The molecule has 1 aromatic heterocycles. The maximum Gasteiger partial charge on any atom is 0.343 e. The van der Waals surface area contributed by atoms with E-state index in [1.165, 1.54) is 23.9 Å². The lowest BCUT2D eigenvalue weighted by molar-refractivity contribution is 0.189. The molecule has 0 fully saturated rings. The Morgan fingerprint density at radius 2 is 1.82 bits per heavy atom. The molecule has 0 aliphatic carbocycles. The van der Waals surface area contributed by atoms with Crippen LogP contribution in [0.2, 0.25) is 0 Å². The van der Waals surface area contributed by atoms with Gasteiger partial charge in [-0.3, -0.25) is 4.57 Å². The molecule has 0 aliphatic rings. The van der Waals surface area contributed by atoms with Crippen LogP contribution in [0.15, 0.2) is 58.5 Å². The normalized spacial score (nSPS) is 10.9. The second-order valence-corrected chi connectivity index (χ2v) is 7.10. The minimum atomic E-state index is -0.258. The van der Waals surface area contributed by atoms with Crippen LogP contribution in [0, 0.1) is 5.82 Å². The first-order valence-electron chi connectivity index (χ1n) is 8.89. The number of methoxy groups -OCH3 is 1. The van der Waals surface area contributed by atoms with E-state index in [0.29, 0.717) is 30.7 Å². The molecule has 148 valence electrons. The average Bonchev–Trinajstić information content (AvgIpc) is 3.07. The van der Waals surface area contributed by atoms with E-state index < -0.39 is 0 Å². The van der Waals surface area contributed by atoms with Crippen LogP contribution in [-0.2, 0) is 23.6 Å². The molecule has 0 saturated carbocycles. The van der Waals surface area contributed by atoms with Crippen molar-refractivity contribution in [3.05, 3.63) is 76.0 Å². The van der Waals surface area contributed by atoms with Crippen LogP contribution in [0.4, 0.5) is 4.39 Å². The molecule has 0 amide bonds. The standard InChI is InChI=1S/C20H22FN3O3S/c1-26-12-2-11-24-19(25)22-23-20(24)28-14-16-5-9-18(10-6-16)27-13-15-3-7-17(21)8-4-15/h3-10H,2,11-14H2,1H3,(H,22,25). The van der Waals surface area contributed by atoms with Crippen molar-refractivity contribution in [3.63, 3.8) is 0 Å². The number of thioether (sulfide) groups is 1. The molecule has 6 nitrogen and oxygen atoms in total. The fourth-order valence-electron chi connectivity index (χ4n) is 2.55. The molecule has 3 rings (SSSR count). The van der Waals surface area contributed by atoms with Gasteiger partial charge in [0.25, 0.3) is 0 Å². The summed E-state index contributed by atoms with van der Waals surface area (Å²) in [6.45, 7) is 1.55. The number of aromatic amines is 1. The number of nitrogens with one attached hydrogen (secondary N) is 1. The van der Waals surface area contributed by atoms with Gasteiger partial charge < -0.3 is 9.47 Å². The molecule has 0 unspecified atom stereocenters. The lowest BCUT2D eigenvalue weighted by Crippen LogP contribution is -2.18. The first-order chi connectivity index (χ1) is 13.7. The van der Waals surface area contributed by atoms with Crippen LogP contribution in [-0.4, -0.2) is 28.5 Å². The van der Waals surface area contributed by atoms with Gasteiger partial charge in [-0.2, -0.15) is 0 Å². The highest BCUT2D eigenvalue weighted by atomic mass is 32.2. The summed E-state index contributed by atoms with van der Waals surface area (Å²) in [5.74, 6) is 1.17. The third-order valence-electron chi connectivity index (χ3n) is 4.06. The zero-order valence-corrected chi connectivity index (χ0v) is 16.4. The van der Waals surface area contributed by atoms with Crippen LogP contribution in [0.5, 0.6) is 5.75 Å². The number of aromatic nitrogens is 3. The van der Waals surface area contributed by atoms with E-state index in [-0.39, 0.29) is 11.5 Å². The number of benzene rings is 2. The molecular formula is C20H22FN3O3S. The van der Waals surface area contributed by atoms with Gasteiger partial charge in [0.15, 0.2) is 5.16 Å². The first kappa shape index (κ1) is 20.2. The molecule has 0 spiro atoms. The van der Waals surface area contributed by atoms with E-state index in [0.717, 1.165) is 23.3 Å². The Bertz CT molecular complexity index is 923. The van der Waals surface area contributed by atoms with Gasteiger partial charge >= 0.3 is 5.69 Å². The number of nitrogens with zero attached hydrogens (tertiary/aromatic N) is 2. The third kappa shape index (κ3) is 5.71. The second-order valence-electron chi connectivity index (χ2n) is 6.16. The largest absolute Gasteiger partial charge is 0.489 e. The first-order valence-corrected chi connectivity index (χ1v) is 9.87. The Balaban J connectivity index is 1.52. The van der Waals surface area contributed by atoms with Crippen LogP contribution < -0.4 is 10.4 Å². The second kappa shape index (κ2) is 10.1. The van der Waals surface area contributed by atoms with Crippen molar-refractivity contribution in [1.82, 2.24) is 14.8 Å². The summed E-state index contributed by atoms with van der Waals surface area (Å²) in [7, 11) is 1.64. The highest BCUT2D eigenvalue weighted by Gasteiger charge is 2.09. The molecule has 28 heavy (non-hydrogen) atoms. The molecule has 0 saturated heterocycles. The maximum atomic E-state index is 12.9. The number of hydrogen-bond donors (Lipinski definition) is 1. The zero-order valence-electron chi connectivity index (χ0n) is 15.6. The fraction of sp³-hybridized carbons (Fsp3) is 0.300. The molecule has 0 aliphatic heterocycles. The molecule has 0 radical (unpaired) electrons. The van der Waals surface area contributed by atoms with Crippen LogP contribution in [0.3, 0.4) is 0 Å². The minimum Gasteiger partial charge on any atom is -0.489 e. The summed E-state index contributed by atoms with van der Waals surface area (Å²) >= 11 is 1.50. The van der Waals surface area contributed by atoms with E-state index in [4.69, 9.17) is 9.47 Å². The van der Waals surface area contributed by atoms with Crippen molar-refractivity contribution in [2.24, 2.45) is 0 Å². The van der Waals surface area contributed by atoms with Crippen LogP contribution in [0.1, 0.15) is 17.5 Å². The third-order valence-corrected chi connectivity index (χ3v) is 5.11. The van der Waals surface area contributed by atoms with Gasteiger partial charge in [-0.15, -0.1) is 5.10 Å². The fourth-order valence-corrected chi connectivity index (χ4v) is 3.48. The Kier molecular flexibility index (Phi) is 7.27. The van der Waals surface area contributed by atoms with Crippen molar-refractivity contribution in [3.8, 4) is 5.75 Å². The molecular weight excluding hydrogens is 381 g/mol. The topological polar surface area (TPSA) is 69.1 Å². The van der Waals surface area contributed by atoms with Crippen LogP contribution in [0.25, 0.3) is 0 Å². The summed E-state index contributed by atoms with van der Waals surface area (Å²) in [4.78, 5) is 11.9. The van der Waals surface area contributed by atoms with Crippen molar-refractivity contribution in [1.29, 1.82) is 0 Å². The summed E-state index contributed by atoms with van der Waals surface area (Å²) < 4.78 is 25.3. The lowest BCUT2D eigenvalue weighted by atomic mass is 10.2. The lowest BCUT2D eigenvalue weighted by Gasteiger charge is -2.08. The van der Waals surface area contributed by atoms with Gasteiger partial charge in [0.2, 0.25) is 0 Å². The van der Waals surface area contributed by atoms with E-state index in [2.05, 4.69) is 10.2 Å². The smallest absolute Gasteiger partial charge is 0.343 e. The van der Waals surface area contributed by atoms with Crippen molar-refractivity contribution in [2.45, 2.75) is 30.5 Å². The van der Waals surface area contributed by atoms with Crippen LogP contribution >= 0.6 is 11.8 Å². The predicted molar refractivity (Wildman–Crippen MR) is 106 cm³/mol. The Morgan fingerprint density at radius 3 is 2.54 bits per heavy atom. The summed E-state index contributed by atoms with van der Waals surface area (Å²) in [5.41, 5.74) is 1.80. The van der Waals surface area contributed by atoms with Gasteiger partial charge in [0.1, 0.15) is 18.2 Å². The number of rotatable bonds is 10. The summed E-state index contributed by atoms with van der Waals surface area (Å²) in [6.07, 6.45) is 0.754. The summed E-state index contributed by atoms with van der Waals surface area (Å²) in [5, 5.41) is 7.25. The van der Waals surface area contributed by atoms with E-state index in [1.807, 2.05) is 24.3 Å². The Labute approximate surface area is 166 Å². The molecule has 1 N–H and O–H groups in total. The van der Waals surface area contributed by atoms with E-state index >= 15 is 0 Å². The Morgan fingerprint density at radius 1 is 1.11 bits per heavy atom. The molecule has 1 heterocycles. The average molecular weight is 403 g/mol. The highest BCUT2D eigenvalue weighted by molar-refractivity contribution is 7.98. The van der Waals surface area contributed by atoms with Gasteiger partial charge in [-0.1, -0.05) is 36.0 Å². The van der Waals surface area contributed by atoms with Crippen molar-refractivity contribution in [2.75, 3.05) is 13.7 Å². The summed E-state index contributed by atoms with van der Waals surface area (Å²) in [6, 6.07) is 14.0. The van der Waals surface area contributed by atoms with Gasteiger partial charge in [0.05, 0.1) is 0 Å². The molecule has 0 atom stereocenters. The Hall–Kier alpha value is -2.58. The van der Waals surface area contributed by atoms with Crippen molar-refractivity contribution >= 4 is 11.8 Å². The van der Waals surface area contributed by atoms with Gasteiger partial charge in [-0.25, -0.2) is 14.3 Å². The molecule has 3 aromatic rings. The molecule has 0 bridgehead atoms. The van der Waals surface area contributed by atoms with Gasteiger partial charge in [-0.05, 0) is 41.8 Å². The maximum absolute atomic E-state index is 12.9. The minimum absolute atomic E-state index is 0.205. The van der Waals surface area contributed by atoms with E-state index in [1.54, 1.807) is 23.8 Å². The molecule has 2 aromatic carbocycles. The monoisotopic (exact) mass is 403 g/mol. The number of H-pyrrole nitrogens is 1. The number of hydrogen-bond acceptors (Lipinski definition) is 5. The highest BCUT2D eigenvalue weighted by Crippen LogP contribution is 2.22. The van der Waals surface area contributed by atoms with Gasteiger partial charge in [0, 0.05) is 26.0 Å². The predicted octanol–water partition coefficient (Wildman–Crippen LogP) is 3.62. The number of halogens is 1.